The molecule has 136 valence electrons. The minimum Gasteiger partial charge on any atom is -0.375 e. The van der Waals surface area contributed by atoms with Crippen molar-refractivity contribution in [1.82, 2.24) is 10.2 Å². The van der Waals surface area contributed by atoms with Crippen LogP contribution < -0.4 is 5.32 Å². The van der Waals surface area contributed by atoms with Crippen LogP contribution >= 0.6 is 0 Å². The Kier molecular flexibility index (Phi) is 5.42. The van der Waals surface area contributed by atoms with E-state index in [9.17, 15) is 9.59 Å². The van der Waals surface area contributed by atoms with Crippen molar-refractivity contribution in [2.75, 3.05) is 26.8 Å². The van der Waals surface area contributed by atoms with Crippen LogP contribution in [0.5, 0.6) is 0 Å². The van der Waals surface area contributed by atoms with Crippen LogP contribution in [0.3, 0.4) is 0 Å². The largest absolute Gasteiger partial charge is 0.375 e. The molecule has 2 fully saturated rings. The standard InChI is InChI=1S/C20H28N2O3/c1-15-4-3-5-17(12-15)19(24)22-10-8-20(9-11-22,13-16-6-7-16)21-18(23)14-25-2/h3-5,12,16H,6-11,13-14H2,1-2H3,(H,21,23). The number of benzene rings is 1. The number of nitrogens with zero attached hydrogens (tertiary/aromatic N) is 1. The number of piperidine rings is 1. The number of carbonyl (C=O) groups excluding carboxylic acids is 2. The van der Waals surface area contributed by atoms with E-state index in [-0.39, 0.29) is 24.0 Å². The van der Waals surface area contributed by atoms with Crippen LogP contribution in [0.15, 0.2) is 24.3 Å². The number of ether oxygens (including phenoxy) is 1. The molecular weight excluding hydrogens is 316 g/mol. The van der Waals surface area contributed by atoms with Crippen molar-refractivity contribution in [1.29, 1.82) is 0 Å². The molecule has 0 bridgehead atoms. The van der Waals surface area contributed by atoms with Crippen molar-refractivity contribution >= 4 is 11.8 Å². The summed E-state index contributed by atoms with van der Waals surface area (Å²) in [6, 6.07) is 7.74. The Morgan fingerprint density at radius 1 is 1.28 bits per heavy atom. The van der Waals surface area contributed by atoms with Gasteiger partial charge in [0.15, 0.2) is 0 Å². The number of nitrogens with one attached hydrogen (secondary N) is 1. The SMILES string of the molecule is COCC(=O)NC1(CC2CC2)CCN(C(=O)c2cccc(C)c2)CC1. The number of methoxy groups -OCH3 is 1. The van der Waals surface area contributed by atoms with Gasteiger partial charge < -0.3 is 15.0 Å². The van der Waals surface area contributed by atoms with Crippen LogP contribution in [0.25, 0.3) is 0 Å². The van der Waals surface area contributed by atoms with Crippen LogP contribution in [-0.4, -0.2) is 49.1 Å². The van der Waals surface area contributed by atoms with E-state index < -0.39 is 0 Å². The highest BCUT2D eigenvalue weighted by Crippen LogP contribution is 2.40. The molecular formula is C20H28N2O3. The Morgan fingerprint density at radius 2 is 2.00 bits per heavy atom. The summed E-state index contributed by atoms with van der Waals surface area (Å²) >= 11 is 0. The molecule has 1 aliphatic heterocycles. The lowest BCUT2D eigenvalue weighted by molar-refractivity contribution is -0.127. The first kappa shape index (κ1) is 17.9. The average molecular weight is 344 g/mol. The topological polar surface area (TPSA) is 58.6 Å². The van der Waals surface area contributed by atoms with Crippen molar-refractivity contribution in [2.45, 2.75) is 44.6 Å². The molecule has 5 heteroatoms. The van der Waals surface area contributed by atoms with Gasteiger partial charge in [-0.2, -0.15) is 0 Å². The number of rotatable bonds is 6. The van der Waals surface area contributed by atoms with E-state index in [1.165, 1.54) is 20.0 Å². The van der Waals surface area contributed by atoms with Gasteiger partial charge in [0.05, 0.1) is 0 Å². The van der Waals surface area contributed by atoms with E-state index in [1.54, 1.807) is 0 Å². The summed E-state index contributed by atoms with van der Waals surface area (Å²) in [5.74, 6) is 0.760. The van der Waals surface area contributed by atoms with Crippen LogP contribution in [0, 0.1) is 12.8 Å². The van der Waals surface area contributed by atoms with Gasteiger partial charge in [-0.3, -0.25) is 9.59 Å². The third-order valence-corrected chi connectivity index (χ3v) is 5.33. The molecule has 1 aromatic rings. The van der Waals surface area contributed by atoms with Crippen molar-refractivity contribution < 1.29 is 14.3 Å². The van der Waals surface area contributed by atoms with Crippen molar-refractivity contribution in [3.05, 3.63) is 35.4 Å². The van der Waals surface area contributed by atoms with Gasteiger partial charge in [0, 0.05) is 31.3 Å². The summed E-state index contributed by atoms with van der Waals surface area (Å²) in [6.07, 6.45) is 5.17. The van der Waals surface area contributed by atoms with E-state index in [2.05, 4.69) is 5.32 Å². The van der Waals surface area contributed by atoms with Crippen LogP contribution in [-0.2, 0) is 9.53 Å². The molecule has 1 saturated heterocycles. The molecule has 1 saturated carbocycles. The molecule has 2 aliphatic rings. The van der Waals surface area contributed by atoms with Crippen molar-refractivity contribution in [3.8, 4) is 0 Å². The van der Waals surface area contributed by atoms with E-state index in [0.717, 1.165) is 36.3 Å². The first-order valence-corrected chi connectivity index (χ1v) is 9.17. The second-order valence-corrected chi connectivity index (χ2v) is 7.57. The second kappa shape index (κ2) is 7.56. The van der Waals surface area contributed by atoms with E-state index in [4.69, 9.17) is 4.74 Å². The maximum absolute atomic E-state index is 12.7. The Morgan fingerprint density at radius 3 is 2.60 bits per heavy atom. The molecule has 0 atom stereocenters. The quantitative estimate of drug-likeness (QED) is 0.863. The summed E-state index contributed by atoms with van der Waals surface area (Å²) in [5.41, 5.74) is 1.66. The predicted molar refractivity (Wildman–Crippen MR) is 96.4 cm³/mol. The Hall–Kier alpha value is -1.88. The monoisotopic (exact) mass is 344 g/mol. The van der Waals surface area contributed by atoms with Crippen LogP contribution in [0.2, 0.25) is 0 Å². The van der Waals surface area contributed by atoms with E-state index >= 15 is 0 Å². The molecule has 0 aromatic heterocycles. The highest BCUT2D eigenvalue weighted by molar-refractivity contribution is 5.94. The molecule has 25 heavy (non-hydrogen) atoms. The molecule has 3 rings (SSSR count). The first-order valence-electron chi connectivity index (χ1n) is 9.17. The predicted octanol–water partition coefficient (Wildman–Crippen LogP) is 2.53. The molecule has 5 nitrogen and oxygen atoms in total. The van der Waals surface area contributed by atoms with Gasteiger partial charge in [-0.25, -0.2) is 0 Å². The fourth-order valence-corrected chi connectivity index (χ4v) is 3.82. The summed E-state index contributed by atoms with van der Waals surface area (Å²) in [4.78, 5) is 26.7. The second-order valence-electron chi connectivity index (χ2n) is 7.57. The van der Waals surface area contributed by atoms with E-state index in [1.807, 2.05) is 36.1 Å². The zero-order valence-corrected chi connectivity index (χ0v) is 15.2. The highest BCUT2D eigenvalue weighted by atomic mass is 16.5. The minimum absolute atomic E-state index is 0.0541. The number of aryl methyl sites for hydroxylation is 1. The van der Waals surface area contributed by atoms with Crippen LogP contribution in [0.1, 0.15) is 48.0 Å². The van der Waals surface area contributed by atoms with Gasteiger partial charge in [0.25, 0.3) is 5.91 Å². The molecule has 1 heterocycles. The Balaban J connectivity index is 1.64. The molecule has 1 N–H and O–H groups in total. The Bertz CT molecular complexity index is 632. The summed E-state index contributed by atoms with van der Waals surface area (Å²) in [6.45, 7) is 3.47. The van der Waals surface area contributed by atoms with Gasteiger partial charge in [0.1, 0.15) is 6.61 Å². The molecule has 0 unspecified atom stereocenters. The molecule has 1 aliphatic carbocycles. The lowest BCUT2D eigenvalue weighted by atomic mass is 9.82. The fraction of sp³-hybridized carbons (Fsp3) is 0.600. The Labute approximate surface area is 149 Å². The molecule has 1 aromatic carbocycles. The maximum atomic E-state index is 12.7. The summed E-state index contributed by atoms with van der Waals surface area (Å²) < 4.78 is 4.96. The highest BCUT2D eigenvalue weighted by Gasteiger charge is 2.41. The molecule has 0 radical (unpaired) electrons. The number of likely N-dealkylation sites (tertiary alicyclic amines) is 1. The molecule has 2 amide bonds. The van der Waals surface area contributed by atoms with Gasteiger partial charge in [0.2, 0.25) is 5.91 Å². The van der Waals surface area contributed by atoms with Crippen molar-refractivity contribution in [2.24, 2.45) is 5.92 Å². The normalized spacial score (nSPS) is 19.5. The number of carbonyl (C=O) groups is 2. The van der Waals surface area contributed by atoms with Gasteiger partial charge in [-0.05, 0) is 44.2 Å². The smallest absolute Gasteiger partial charge is 0.253 e. The van der Waals surface area contributed by atoms with Crippen LogP contribution in [0.4, 0.5) is 0 Å². The first-order chi connectivity index (χ1) is 12.0. The third kappa shape index (κ3) is 4.60. The van der Waals surface area contributed by atoms with E-state index in [0.29, 0.717) is 13.1 Å². The zero-order chi connectivity index (χ0) is 17.9. The van der Waals surface area contributed by atoms with Crippen molar-refractivity contribution in [3.63, 3.8) is 0 Å². The lowest BCUT2D eigenvalue weighted by Crippen LogP contribution is -2.57. The molecule has 0 spiro atoms. The van der Waals surface area contributed by atoms with Gasteiger partial charge >= 0.3 is 0 Å². The maximum Gasteiger partial charge on any atom is 0.253 e. The number of hydrogen-bond acceptors (Lipinski definition) is 3. The lowest BCUT2D eigenvalue weighted by Gasteiger charge is -2.42. The van der Waals surface area contributed by atoms with Gasteiger partial charge in [-0.15, -0.1) is 0 Å². The summed E-state index contributed by atoms with van der Waals surface area (Å²) in [7, 11) is 1.54. The fourth-order valence-electron chi connectivity index (χ4n) is 3.82. The van der Waals surface area contributed by atoms with Gasteiger partial charge in [-0.1, -0.05) is 30.5 Å². The number of hydrogen-bond donors (Lipinski definition) is 1. The third-order valence-electron chi connectivity index (χ3n) is 5.33. The minimum atomic E-state index is -0.180. The summed E-state index contributed by atoms with van der Waals surface area (Å²) in [5, 5.41) is 3.21. The zero-order valence-electron chi connectivity index (χ0n) is 15.2. The average Bonchev–Trinajstić information content (AvgIpc) is 3.39. The number of amides is 2.